The van der Waals surface area contributed by atoms with E-state index in [-0.39, 0.29) is 16.7 Å². The van der Waals surface area contributed by atoms with Crippen molar-refractivity contribution in [3.63, 3.8) is 0 Å². The molecule has 0 atom stereocenters. The third-order valence-electron chi connectivity index (χ3n) is 3.08. The minimum Gasteiger partial charge on any atom is -0.478 e. The first kappa shape index (κ1) is 16.4. The zero-order valence-corrected chi connectivity index (χ0v) is 14.1. The molecule has 0 unspecified atom stereocenters. The molecule has 20 heavy (non-hydrogen) atoms. The number of rotatable bonds is 3. The molecule has 110 valence electrons. The Kier molecular flexibility index (Phi) is 4.75. The van der Waals surface area contributed by atoms with E-state index in [1.165, 1.54) is 6.92 Å². The smallest absolute Gasteiger partial charge is 0.339 e. The molecule has 0 saturated heterocycles. The first-order valence-electron chi connectivity index (χ1n) is 6.64. The third-order valence-corrected chi connectivity index (χ3v) is 4.75. The van der Waals surface area contributed by atoms with Crippen LogP contribution >= 0.6 is 0 Å². The van der Waals surface area contributed by atoms with Crippen LogP contribution in [-0.2, 0) is 10.2 Å². The lowest BCUT2D eigenvalue weighted by molar-refractivity contribution is -0.131. The van der Waals surface area contributed by atoms with Gasteiger partial charge in [0.2, 0.25) is 0 Å². The highest BCUT2D eigenvalue weighted by Gasteiger charge is 2.25. The quantitative estimate of drug-likeness (QED) is 0.528. The van der Waals surface area contributed by atoms with Crippen molar-refractivity contribution in [1.82, 2.24) is 0 Å². The number of carboxylic acid groups (broad SMARTS) is 1. The molecule has 1 rings (SSSR count). The van der Waals surface area contributed by atoms with E-state index in [9.17, 15) is 14.7 Å². The molecule has 0 saturated carbocycles. The summed E-state index contributed by atoms with van der Waals surface area (Å²) in [6.07, 6.45) is 0. The van der Waals surface area contributed by atoms with Gasteiger partial charge in [-0.2, -0.15) is 0 Å². The van der Waals surface area contributed by atoms with Gasteiger partial charge in [-0.25, -0.2) is 4.79 Å². The van der Waals surface area contributed by atoms with Crippen LogP contribution in [0.25, 0.3) is 0 Å². The Morgan fingerprint density at radius 3 is 2.10 bits per heavy atom. The Hall–Kier alpha value is -1.62. The molecule has 0 spiro atoms. The van der Waals surface area contributed by atoms with Gasteiger partial charge < -0.3 is 9.84 Å². The van der Waals surface area contributed by atoms with Crippen LogP contribution < -0.4 is 9.92 Å². The molecule has 0 aliphatic rings. The predicted molar refractivity (Wildman–Crippen MR) is 81.9 cm³/mol. The number of hydrogen-bond acceptors (Lipinski definition) is 3. The Morgan fingerprint density at radius 1 is 1.20 bits per heavy atom. The maximum atomic E-state index is 11.5. The summed E-state index contributed by atoms with van der Waals surface area (Å²) in [6.45, 7) is 11.6. The average molecular weight is 294 g/mol. The second-order valence-corrected chi connectivity index (χ2v) is 9.18. The van der Waals surface area contributed by atoms with Gasteiger partial charge in [0.15, 0.2) is 0 Å². The van der Waals surface area contributed by atoms with Gasteiger partial charge in [0.25, 0.3) is 0 Å². The number of carbonyl (C=O) groups is 2. The Morgan fingerprint density at radius 2 is 1.75 bits per heavy atom. The molecule has 0 bridgehead atoms. The standard InChI is InChI=1S/C15H22O4Si/c1-9(16)19-13-11(14(17)18)7-10(15(2,3)4)8-12(13)20(5)6/h7-8,20H,1-6H3,(H,17,18). The summed E-state index contributed by atoms with van der Waals surface area (Å²) in [4.78, 5) is 22.7. The zero-order chi connectivity index (χ0) is 15.7. The van der Waals surface area contributed by atoms with Gasteiger partial charge in [-0.1, -0.05) is 39.9 Å². The van der Waals surface area contributed by atoms with E-state index < -0.39 is 20.7 Å². The van der Waals surface area contributed by atoms with Crippen molar-refractivity contribution in [3.8, 4) is 5.75 Å². The highest BCUT2D eigenvalue weighted by atomic mass is 28.3. The van der Waals surface area contributed by atoms with Crippen LogP contribution in [-0.4, -0.2) is 25.8 Å². The molecule has 4 nitrogen and oxygen atoms in total. The van der Waals surface area contributed by atoms with E-state index in [0.717, 1.165) is 10.8 Å². The molecule has 0 aliphatic carbocycles. The molecular formula is C15H22O4Si. The third kappa shape index (κ3) is 3.69. The summed E-state index contributed by atoms with van der Waals surface area (Å²) in [6, 6.07) is 3.60. The van der Waals surface area contributed by atoms with E-state index in [1.54, 1.807) is 6.07 Å². The van der Waals surface area contributed by atoms with E-state index in [0.29, 0.717) is 0 Å². The summed E-state index contributed by atoms with van der Waals surface area (Å²) < 4.78 is 5.18. The van der Waals surface area contributed by atoms with Crippen molar-refractivity contribution in [2.45, 2.75) is 46.2 Å². The minimum absolute atomic E-state index is 0.0730. The maximum absolute atomic E-state index is 11.5. The average Bonchev–Trinajstić information content (AvgIpc) is 2.25. The van der Waals surface area contributed by atoms with E-state index in [2.05, 4.69) is 13.1 Å². The largest absolute Gasteiger partial charge is 0.478 e. The number of carbonyl (C=O) groups excluding carboxylic acids is 1. The van der Waals surface area contributed by atoms with Crippen molar-refractivity contribution in [2.75, 3.05) is 0 Å². The van der Waals surface area contributed by atoms with Crippen LogP contribution in [0.1, 0.15) is 43.6 Å². The first-order chi connectivity index (χ1) is 9.04. The van der Waals surface area contributed by atoms with Crippen molar-refractivity contribution >= 4 is 25.9 Å². The van der Waals surface area contributed by atoms with E-state index in [1.807, 2.05) is 26.8 Å². The van der Waals surface area contributed by atoms with Gasteiger partial charge in [0.1, 0.15) is 11.3 Å². The highest BCUT2D eigenvalue weighted by molar-refractivity contribution is 6.71. The van der Waals surface area contributed by atoms with Crippen molar-refractivity contribution in [3.05, 3.63) is 23.3 Å². The van der Waals surface area contributed by atoms with E-state index in [4.69, 9.17) is 4.74 Å². The minimum atomic E-state index is -1.34. The second-order valence-electron chi connectivity index (χ2n) is 6.25. The molecule has 5 heteroatoms. The van der Waals surface area contributed by atoms with Crippen LogP contribution in [0.2, 0.25) is 13.1 Å². The number of hydrogen-bond donors (Lipinski definition) is 1. The molecule has 0 aromatic heterocycles. The van der Waals surface area contributed by atoms with Crippen molar-refractivity contribution in [2.24, 2.45) is 0 Å². The summed E-state index contributed by atoms with van der Waals surface area (Å²) in [5, 5.41) is 10.3. The van der Waals surface area contributed by atoms with Crippen LogP contribution in [0.5, 0.6) is 5.75 Å². The van der Waals surface area contributed by atoms with Gasteiger partial charge in [0.05, 0.1) is 8.80 Å². The van der Waals surface area contributed by atoms with Crippen LogP contribution in [0.15, 0.2) is 12.1 Å². The number of aromatic carboxylic acids is 1. The highest BCUT2D eigenvalue weighted by Crippen LogP contribution is 2.27. The normalized spacial score (nSPS) is 11.6. The van der Waals surface area contributed by atoms with Gasteiger partial charge in [-0.3, -0.25) is 4.79 Å². The van der Waals surface area contributed by atoms with Crippen molar-refractivity contribution < 1.29 is 19.4 Å². The molecule has 0 aliphatic heterocycles. The first-order valence-corrected chi connectivity index (χ1v) is 9.52. The molecule has 1 aromatic carbocycles. The van der Waals surface area contributed by atoms with Gasteiger partial charge in [-0.15, -0.1) is 0 Å². The van der Waals surface area contributed by atoms with E-state index >= 15 is 0 Å². The van der Waals surface area contributed by atoms with Gasteiger partial charge >= 0.3 is 11.9 Å². The van der Waals surface area contributed by atoms with Crippen molar-refractivity contribution in [1.29, 1.82) is 0 Å². The maximum Gasteiger partial charge on any atom is 0.339 e. The summed E-state index contributed by atoms with van der Waals surface area (Å²) in [7, 11) is -1.34. The SMILES string of the molecule is CC(=O)Oc1c(C(=O)O)cc(C(C)(C)C)cc1[SiH](C)C. The fourth-order valence-corrected chi connectivity index (χ4v) is 3.18. The molecular weight excluding hydrogens is 272 g/mol. The lowest BCUT2D eigenvalue weighted by Crippen LogP contribution is -2.30. The monoisotopic (exact) mass is 294 g/mol. The van der Waals surface area contributed by atoms with Crippen LogP contribution in [0.4, 0.5) is 0 Å². The summed E-state index contributed by atoms with van der Waals surface area (Å²) in [5.74, 6) is -1.34. The molecule has 1 N–H and O–H groups in total. The molecule has 0 radical (unpaired) electrons. The fraction of sp³-hybridized carbons (Fsp3) is 0.467. The fourth-order valence-electron chi connectivity index (χ4n) is 1.93. The molecule has 0 heterocycles. The Bertz CT molecular complexity index is 542. The van der Waals surface area contributed by atoms with Gasteiger partial charge in [0, 0.05) is 6.92 Å². The van der Waals surface area contributed by atoms with Crippen LogP contribution in [0, 0.1) is 0 Å². The zero-order valence-electron chi connectivity index (χ0n) is 12.9. The number of ether oxygens (including phenoxy) is 1. The summed E-state index contributed by atoms with van der Waals surface area (Å²) >= 11 is 0. The predicted octanol–water partition coefficient (Wildman–Crippen LogP) is 2.30. The lowest BCUT2D eigenvalue weighted by atomic mass is 9.86. The van der Waals surface area contributed by atoms with Gasteiger partial charge in [-0.05, 0) is 22.2 Å². The Balaban J connectivity index is 3.63. The summed E-state index contributed by atoms with van der Waals surface area (Å²) in [5.41, 5.74) is 0.864. The number of benzene rings is 1. The second kappa shape index (κ2) is 5.79. The Labute approximate surface area is 121 Å². The number of esters is 1. The lowest BCUT2D eigenvalue weighted by Gasteiger charge is -2.23. The molecule has 0 amide bonds. The van der Waals surface area contributed by atoms with Crippen LogP contribution in [0.3, 0.4) is 0 Å². The topological polar surface area (TPSA) is 63.6 Å². The molecule has 1 aromatic rings. The number of carboxylic acids is 1. The molecule has 0 fully saturated rings.